The van der Waals surface area contributed by atoms with Gasteiger partial charge in [-0.2, -0.15) is 0 Å². The molecule has 0 bridgehead atoms. The highest BCUT2D eigenvalue weighted by molar-refractivity contribution is 5.82. The van der Waals surface area contributed by atoms with E-state index in [1.807, 2.05) is 30.3 Å². The second-order valence-corrected chi connectivity index (χ2v) is 4.76. The number of nitrogens with two attached hydrogens (primary N) is 1. The van der Waals surface area contributed by atoms with Crippen LogP contribution in [0.25, 0.3) is 10.9 Å². The molecule has 0 aliphatic rings. The number of aromatic nitrogens is 1. The van der Waals surface area contributed by atoms with Gasteiger partial charge in [0.15, 0.2) is 0 Å². The van der Waals surface area contributed by atoms with Crippen LogP contribution >= 0.6 is 0 Å². The summed E-state index contributed by atoms with van der Waals surface area (Å²) in [5.41, 5.74) is 8.20. The zero-order valence-electron chi connectivity index (χ0n) is 11.6. The third-order valence-electron chi connectivity index (χ3n) is 3.54. The van der Waals surface area contributed by atoms with Crippen LogP contribution < -0.4 is 10.5 Å². The summed E-state index contributed by atoms with van der Waals surface area (Å²) in [6.45, 7) is 0. The van der Waals surface area contributed by atoms with Gasteiger partial charge in [-0.15, -0.1) is 0 Å². The Morgan fingerprint density at radius 3 is 2.67 bits per heavy atom. The van der Waals surface area contributed by atoms with Crippen molar-refractivity contribution < 1.29 is 9.13 Å². The van der Waals surface area contributed by atoms with Gasteiger partial charge in [-0.3, -0.25) is 4.98 Å². The van der Waals surface area contributed by atoms with Gasteiger partial charge < -0.3 is 10.5 Å². The molecule has 1 unspecified atom stereocenters. The van der Waals surface area contributed by atoms with E-state index in [-0.39, 0.29) is 5.82 Å². The molecule has 106 valence electrons. The van der Waals surface area contributed by atoms with E-state index in [0.717, 1.165) is 16.5 Å². The molecule has 0 aliphatic heterocycles. The van der Waals surface area contributed by atoms with Gasteiger partial charge in [0.25, 0.3) is 0 Å². The molecule has 3 rings (SSSR count). The van der Waals surface area contributed by atoms with Crippen LogP contribution in [-0.4, -0.2) is 12.1 Å². The smallest absolute Gasteiger partial charge is 0.132 e. The average molecular weight is 282 g/mol. The van der Waals surface area contributed by atoms with E-state index in [0.29, 0.717) is 11.3 Å². The minimum atomic E-state index is -0.639. The van der Waals surface area contributed by atoms with Crippen LogP contribution in [0.4, 0.5) is 4.39 Å². The number of halogens is 1. The highest BCUT2D eigenvalue weighted by Crippen LogP contribution is 2.33. The summed E-state index contributed by atoms with van der Waals surface area (Å²) in [4.78, 5) is 4.37. The molecule has 3 nitrogen and oxygen atoms in total. The molecular formula is C17H15FN2O. The zero-order valence-corrected chi connectivity index (χ0v) is 11.6. The summed E-state index contributed by atoms with van der Waals surface area (Å²) in [6.07, 6.45) is 1.71. The highest BCUT2D eigenvalue weighted by Gasteiger charge is 2.20. The second-order valence-electron chi connectivity index (χ2n) is 4.76. The minimum absolute atomic E-state index is 0.346. The van der Waals surface area contributed by atoms with Crippen molar-refractivity contribution in [2.24, 2.45) is 5.73 Å². The number of hydrogen-bond acceptors (Lipinski definition) is 3. The van der Waals surface area contributed by atoms with Crippen molar-refractivity contribution in [2.75, 3.05) is 7.11 Å². The maximum Gasteiger partial charge on any atom is 0.132 e. The van der Waals surface area contributed by atoms with E-state index in [2.05, 4.69) is 4.98 Å². The van der Waals surface area contributed by atoms with Crippen LogP contribution in [0.2, 0.25) is 0 Å². The predicted octanol–water partition coefficient (Wildman–Crippen LogP) is 3.43. The van der Waals surface area contributed by atoms with E-state index in [1.54, 1.807) is 18.3 Å². The Labute approximate surface area is 122 Å². The molecule has 0 aliphatic carbocycles. The van der Waals surface area contributed by atoms with Crippen molar-refractivity contribution in [2.45, 2.75) is 6.04 Å². The lowest BCUT2D eigenvalue weighted by Crippen LogP contribution is -2.15. The Kier molecular flexibility index (Phi) is 3.54. The fraction of sp³-hybridized carbons (Fsp3) is 0.118. The number of benzene rings is 2. The lowest BCUT2D eigenvalue weighted by molar-refractivity contribution is 0.402. The Balaban J connectivity index is 2.20. The fourth-order valence-electron chi connectivity index (χ4n) is 2.53. The van der Waals surface area contributed by atoms with E-state index >= 15 is 0 Å². The maximum atomic E-state index is 14.2. The van der Waals surface area contributed by atoms with Crippen molar-refractivity contribution in [3.8, 4) is 5.75 Å². The lowest BCUT2D eigenvalue weighted by atomic mass is 9.96. The predicted molar refractivity (Wildman–Crippen MR) is 80.7 cm³/mol. The van der Waals surface area contributed by atoms with Gasteiger partial charge in [-0.1, -0.05) is 30.3 Å². The van der Waals surface area contributed by atoms with Crippen molar-refractivity contribution >= 4 is 10.9 Å². The van der Waals surface area contributed by atoms with Crippen molar-refractivity contribution in [3.05, 3.63) is 71.7 Å². The molecule has 4 heteroatoms. The standard InChI is InChI=1S/C17H15FN2O/c1-21-14-9-3-8-13(18)15(14)16(19)12-7-2-5-11-6-4-10-20-17(11)12/h2-10,16H,19H2,1H3. The van der Waals surface area contributed by atoms with E-state index < -0.39 is 6.04 Å². The molecule has 0 saturated heterocycles. The molecule has 3 aromatic rings. The molecule has 0 fully saturated rings. The van der Waals surface area contributed by atoms with E-state index in [9.17, 15) is 4.39 Å². The van der Waals surface area contributed by atoms with Gasteiger partial charge in [-0.25, -0.2) is 4.39 Å². The number of nitrogens with zero attached hydrogens (tertiary/aromatic N) is 1. The van der Waals surface area contributed by atoms with Crippen LogP contribution in [0.5, 0.6) is 5.75 Å². The summed E-state index contributed by atoms with van der Waals surface area (Å²) in [5, 5.41) is 0.973. The van der Waals surface area contributed by atoms with Gasteiger partial charge >= 0.3 is 0 Å². The Morgan fingerprint density at radius 2 is 1.86 bits per heavy atom. The first kappa shape index (κ1) is 13.5. The van der Waals surface area contributed by atoms with E-state index in [4.69, 9.17) is 10.5 Å². The summed E-state index contributed by atoms with van der Waals surface area (Å²) in [5.74, 6) is 0.0604. The van der Waals surface area contributed by atoms with Crippen LogP contribution in [0.1, 0.15) is 17.2 Å². The first-order valence-electron chi connectivity index (χ1n) is 6.64. The molecule has 1 aromatic heterocycles. The fourth-order valence-corrected chi connectivity index (χ4v) is 2.53. The quantitative estimate of drug-likeness (QED) is 0.800. The third kappa shape index (κ3) is 2.34. The van der Waals surface area contributed by atoms with Crippen molar-refractivity contribution in [3.63, 3.8) is 0 Å². The Hall–Kier alpha value is -2.46. The normalized spacial score (nSPS) is 12.3. The summed E-state index contributed by atoms with van der Waals surface area (Å²) in [6, 6.07) is 13.6. The molecule has 2 N–H and O–H groups in total. The minimum Gasteiger partial charge on any atom is -0.496 e. The number of pyridine rings is 1. The molecule has 0 amide bonds. The summed E-state index contributed by atoms with van der Waals surface area (Å²) >= 11 is 0. The number of methoxy groups -OCH3 is 1. The first-order valence-corrected chi connectivity index (χ1v) is 6.64. The second kappa shape index (κ2) is 5.50. The molecule has 0 saturated carbocycles. The van der Waals surface area contributed by atoms with E-state index in [1.165, 1.54) is 13.2 Å². The highest BCUT2D eigenvalue weighted by atomic mass is 19.1. The third-order valence-corrected chi connectivity index (χ3v) is 3.54. The molecule has 1 atom stereocenters. The van der Waals surface area contributed by atoms with Gasteiger partial charge in [0.1, 0.15) is 11.6 Å². The van der Waals surface area contributed by atoms with Gasteiger partial charge in [0, 0.05) is 11.6 Å². The number of ether oxygens (including phenoxy) is 1. The number of hydrogen-bond donors (Lipinski definition) is 1. The van der Waals surface area contributed by atoms with Crippen molar-refractivity contribution in [1.82, 2.24) is 4.98 Å². The maximum absolute atomic E-state index is 14.2. The Morgan fingerprint density at radius 1 is 1.10 bits per heavy atom. The lowest BCUT2D eigenvalue weighted by Gasteiger charge is -2.18. The molecule has 2 aromatic carbocycles. The van der Waals surface area contributed by atoms with Crippen molar-refractivity contribution in [1.29, 1.82) is 0 Å². The van der Waals surface area contributed by atoms with Gasteiger partial charge in [-0.05, 0) is 23.8 Å². The van der Waals surface area contributed by atoms with Crippen LogP contribution in [0, 0.1) is 5.82 Å². The largest absolute Gasteiger partial charge is 0.496 e. The van der Waals surface area contributed by atoms with Crippen LogP contribution in [-0.2, 0) is 0 Å². The number of fused-ring (bicyclic) bond motifs is 1. The van der Waals surface area contributed by atoms with Gasteiger partial charge in [0.2, 0.25) is 0 Å². The zero-order chi connectivity index (χ0) is 14.8. The number of para-hydroxylation sites is 1. The molecule has 21 heavy (non-hydrogen) atoms. The molecule has 1 heterocycles. The summed E-state index contributed by atoms with van der Waals surface area (Å²) in [7, 11) is 1.51. The Bertz CT molecular complexity index is 783. The SMILES string of the molecule is COc1cccc(F)c1C(N)c1cccc2cccnc12. The summed E-state index contributed by atoms with van der Waals surface area (Å²) < 4.78 is 19.4. The molecule has 0 spiro atoms. The average Bonchev–Trinajstić information content (AvgIpc) is 2.53. The van der Waals surface area contributed by atoms with Gasteiger partial charge in [0.05, 0.1) is 24.2 Å². The first-order chi connectivity index (χ1) is 10.2. The monoisotopic (exact) mass is 282 g/mol. The molecular weight excluding hydrogens is 267 g/mol. The topological polar surface area (TPSA) is 48.1 Å². The molecule has 0 radical (unpaired) electrons. The van der Waals surface area contributed by atoms with Crippen LogP contribution in [0.15, 0.2) is 54.7 Å². The number of rotatable bonds is 3. The van der Waals surface area contributed by atoms with Crippen LogP contribution in [0.3, 0.4) is 0 Å².